The Balaban J connectivity index is 1.49. The fourth-order valence-electron chi connectivity index (χ4n) is 4.78. The minimum atomic E-state index is -0.872. The molecule has 1 aliphatic carbocycles. The maximum absolute atomic E-state index is 13.2. The molecule has 3 atom stereocenters. The van der Waals surface area contributed by atoms with Crippen LogP contribution in [0.5, 0.6) is 5.75 Å². The summed E-state index contributed by atoms with van der Waals surface area (Å²) in [6.45, 7) is 1.01. The number of thiophene rings is 1. The first-order valence-corrected chi connectivity index (χ1v) is 9.84. The zero-order valence-corrected chi connectivity index (χ0v) is 15.0. The van der Waals surface area contributed by atoms with Crippen molar-refractivity contribution in [1.29, 1.82) is 0 Å². The number of hydrogen-bond donors (Lipinski definition) is 1. The lowest BCUT2D eigenvalue weighted by atomic mass is 9.94. The molecule has 6 heteroatoms. The van der Waals surface area contributed by atoms with E-state index in [1.54, 1.807) is 4.90 Å². The van der Waals surface area contributed by atoms with Crippen molar-refractivity contribution < 1.29 is 19.4 Å². The third kappa shape index (κ3) is 2.28. The zero-order chi connectivity index (χ0) is 17.8. The average Bonchev–Trinajstić information content (AvgIpc) is 3.33. The minimum absolute atomic E-state index is 0.107. The van der Waals surface area contributed by atoms with Gasteiger partial charge in [0.25, 0.3) is 5.91 Å². The molecule has 3 aliphatic rings. The Labute approximate surface area is 155 Å². The van der Waals surface area contributed by atoms with Gasteiger partial charge in [0.2, 0.25) is 0 Å². The van der Waals surface area contributed by atoms with Crippen molar-refractivity contribution in [3.63, 3.8) is 0 Å². The molecule has 1 saturated heterocycles. The number of carboxylic acid groups (broad SMARTS) is 1. The number of likely N-dealkylation sites (tertiary alicyclic amines) is 1. The molecule has 3 unspecified atom stereocenters. The van der Waals surface area contributed by atoms with Gasteiger partial charge in [-0.25, -0.2) is 4.79 Å². The number of carboxylic acids is 1. The number of carbonyl (C=O) groups excluding carboxylic acids is 1. The summed E-state index contributed by atoms with van der Waals surface area (Å²) in [5, 5.41) is 9.71. The minimum Gasteiger partial charge on any atom is -0.488 e. The van der Waals surface area contributed by atoms with Gasteiger partial charge >= 0.3 is 5.97 Å². The van der Waals surface area contributed by atoms with Gasteiger partial charge < -0.3 is 14.7 Å². The number of rotatable bonds is 2. The second-order valence-electron chi connectivity index (χ2n) is 7.35. The van der Waals surface area contributed by atoms with Crippen molar-refractivity contribution in [1.82, 2.24) is 4.90 Å². The highest BCUT2D eigenvalue weighted by Crippen LogP contribution is 2.45. The van der Waals surface area contributed by atoms with E-state index in [4.69, 9.17) is 4.74 Å². The summed E-state index contributed by atoms with van der Waals surface area (Å²) in [7, 11) is 0. The van der Waals surface area contributed by atoms with Gasteiger partial charge in [-0.3, -0.25) is 4.79 Å². The van der Waals surface area contributed by atoms with Crippen LogP contribution in [0.3, 0.4) is 0 Å². The van der Waals surface area contributed by atoms with Crippen LogP contribution in [-0.2, 0) is 11.4 Å². The van der Waals surface area contributed by atoms with Gasteiger partial charge in [-0.05, 0) is 42.9 Å². The topological polar surface area (TPSA) is 66.8 Å². The van der Waals surface area contributed by atoms with E-state index < -0.39 is 12.0 Å². The Hall–Kier alpha value is -2.34. The molecule has 2 aliphatic heterocycles. The lowest BCUT2D eigenvalue weighted by molar-refractivity contribution is -0.142. The third-order valence-corrected chi connectivity index (χ3v) is 7.14. The zero-order valence-electron chi connectivity index (χ0n) is 14.2. The molecule has 0 spiro atoms. The standard InChI is InChI=1S/C20H19NO4S/c22-19(21-9-11-4-3-6-13(11)17(21)20(23)24)16-8-12-10-25-15-7-2-1-5-14(15)18(12)26-16/h1-2,5,7-8,11,13,17H,3-4,6,9-10H2,(H,23,24). The number of hydrogen-bond acceptors (Lipinski definition) is 4. The van der Waals surface area contributed by atoms with Crippen LogP contribution in [0.15, 0.2) is 30.3 Å². The van der Waals surface area contributed by atoms with Crippen molar-refractivity contribution in [3.05, 3.63) is 40.8 Å². The molecule has 5 rings (SSSR count). The Morgan fingerprint density at radius 2 is 2.08 bits per heavy atom. The molecule has 5 nitrogen and oxygen atoms in total. The molecule has 0 radical (unpaired) electrons. The molecule has 3 heterocycles. The molecule has 1 saturated carbocycles. The average molecular weight is 369 g/mol. The van der Waals surface area contributed by atoms with E-state index in [0.29, 0.717) is 23.9 Å². The Morgan fingerprint density at radius 1 is 1.23 bits per heavy atom. The van der Waals surface area contributed by atoms with Crippen LogP contribution in [0.1, 0.15) is 34.5 Å². The molecule has 134 valence electrons. The fourth-order valence-corrected chi connectivity index (χ4v) is 5.93. The molecule has 1 aromatic heterocycles. The van der Waals surface area contributed by atoms with Gasteiger partial charge in [0.15, 0.2) is 0 Å². The molecular formula is C20H19NO4S. The molecule has 1 N–H and O–H groups in total. The highest BCUT2D eigenvalue weighted by Gasteiger charge is 2.49. The number of carbonyl (C=O) groups is 2. The van der Waals surface area contributed by atoms with E-state index in [1.165, 1.54) is 11.3 Å². The predicted molar refractivity (Wildman–Crippen MR) is 97.4 cm³/mol. The second-order valence-corrected chi connectivity index (χ2v) is 8.40. The van der Waals surface area contributed by atoms with Gasteiger partial charge in [-0.1, -0.05) is 18.6 Å². The molecule has 2 aromatic rings. The smallest absolute Gasteiger partial charge is 0.326 e. The molecule has 26 heavy (non-hydrogen) atoms. The summed E-state index contributed by atoms with van der Waals surface area (Å²) in [6, 6.07) is 9.02. The number of amides is 1. The van der Waals surface area contributed by atoms with Crippen LogP contribution in [0.4, 0.5) is 0 Å². The number of aliphatic carboxylic acids is 1. The van der Waals surface area contributed by atoms with E-state index in [9.17, 15) is 14.7 Å². The monoisotopic (exact) mass is 369 g/mol. The van der Waals surface area contributed by atoms with Crippen molar-refractivity contribution >= 4 is 23.2 Å². The van der Waals surface area contributed by atoms with Crippen LogP contribution in [0.2, 0.25) is 0 Å². The highest BCUT2D eigenvalue weighted by molar-refractivity contribution is 7.17. The summed E-state index contributed by atoms with van der Waals surface area (Å²) in [5.74, 6) is 0.250. The van der Waals surface area contributed by atoms with Crippen LogP contribution < -0.4 is 4.74 Å². The van der Waals surface area contributed by atoms with E-state index in [1.807, 2.05) is 30.3 Å². The van der Waals surface area contributed by atoms with Gasteiger partial charge in [-0.2, -0.15) is 0 Å². The number of nitrogens with zero attached hydrogens (tertiary/aromatic N) is 1. The van der Waals surface area contributed by atoms with Gasteiger partial charge in [-0.15, -0.1) is 11.3 Å². The van der Waals surface area contributed by atoms with Crippen LogP contribution in [0, 0.1) is 11.8 Å². The summed E-state index contributed by atoms with van der Waals surface area (Å²) in [5.41, 5.74) is 2.01. The van der Waals surface area contributed by atoms with E-state index in [-0.39, 0.29) is 11.8 Å². The fraction of sp³-hybridized carbons (Fsp3) is 0.400. The molecule has 2 fully saturated rings. The van der Waals surface area contributed by atoms with E-state index >= 15 is 0 Å². The first kappa shape index (κ1) is 15.9. The van der Waals surface area contributed by atoms with Gasteiger partial charge in [0.1, 0.15) is 18.4 Å². The first-order valence-electron chi connectivity index (χ1n) is 9.02. The lowest BCUT2D eigenvalue weighted by Gasteiger charge is -2.23. The normalized spacial score (nSPS) is 26.0. The lowest BCUT2D eigenvalue weighted by Crippen LogP contribution is -2.43. The Kier molecular flexibility index (Phi) is 3.57. The molecule has 1 aromatic carbocycles. The number of benzene rings is 1. The molecular weight excluding hydrogens is 350 g/mol. The van der Waals surface area contributed by atoms with E-state index in [2.05, 4.69) is 0 Å². The van der Waals surface area contributed by atoms with Crippen molar-refractivity contribution in [3.8, 4) is 16.2 Å². The Morgan fingerprint density at radius 3 is 2.92 bits per heavy atom. The SMILES string of the molecule is O=C(O)C1C2CCCC2CN1C(=O)c1cc2c(s1)-c1ccccc1OC2. The molecule has 0 bridgehead atoms. The summed E-state index contributed by atoms with van der Waals surface area (Å²) in [4.78, 5) is 28.3. The number of ether oxygens (including phenoxy) is 1. The largest absolute Gasteiger partial charge is 0.488 e. The van der Waals surface area contributed by atoms with Crippen LogP contribution >= 0.6 is 11.3 Å². The summed E-state index contributed by atoms with van der Waals surface area (Å²) >= 11 is 1.45. The van der Waals surface area contributed by atoms with E-state index in [0.717, 1.165) is 41.0 Å². The van der Waals surface area contributed by atoms with Crippen LogP contribution in [-0.4, -0.2) is 34.5 Å². The second kappa shape index (κ2) is 5.84. The van der Waals surface area contributed by atoms with Crippen molar-refractivity contribution in [2.45, 2.75) is 31.9 Å². The van der Waals surface area contributed by atoms with Crippen molar-refractivity contribution in [2.75, 3.05) is 6.54 Å². The molecule has 1 amide bonds. The summed E-state index contributed by atoms with van der Waals surface area (Å²) < 4.78 is 5.78. The van der Waals surface area contributed by atoms with Crippen molar-refractivity contribution in [2.24, 2.45) is 11.8 Å². The highest BCUT2D eigenvalue weighted by atomic mass is 32.1. The quantitative estimate of drug-likeness (QED) is 0.878. The predicted octanol–water partition coefficient (Wildman–Crippen LogP) is 3.63. The third-order valence-electron chi connectivity index (χ3n) is 5.94. The number of fused-ring (bicyclic) bond motifs is 4. The van der Waals surface area contributed by atoms with Gasteiger partial charge in [0, 0.05) is 22.5 Å². The van der Waals surface area contributed by atoms with Gasteiger partial charge in [0.05, 0.1) is 4.88 Å². The Bertz CT molecular complexity index is 905. The maximum Gasteiger partial charge on any atom is 0.326 e. The van der Waals surface area contributed by atoms with Crippen LogP contribution in [0.25, 0.3) is 10.4 Å². The summed E-state index contributed by atoms with van der Waals surface area (Å²) in [6.07, 6.45) is 3.01. The first-order chi connectivity index (χ1) is 12.6. The number of para-hydroxylation sites is 1. The maximum atomic E-state index is 13.2.